The summed E-state index contributed by atoms with van der Waals surface area (Å²) in [7, 11) is 0. The Hall–Kier alpha value is -1.82. The number of hydrogen-bond donors (Lipinski definition) is 3. The van der Waals surface area contributed by atoms with Crippen molar-refractivity contribution in [1.29, 1.82) is 0 Å². The number of aromatic nitrogens is 1. The van der Waals surface area contributed by atoms with Crippen molar-refractivity contribution in [1.82, 2.24) is 9.88 Å². The van der Waals surface area contributed by atoms with Gasteiger partial charge in [-0.2, -0.15) is 0 Å². The Balaban J connectivity index is 3.00. The van der Waals surface area contributed by atoms with Crippen LogP contribution in [0.5, 0.6) is 5.75 Å². The van der Waals surface area contributed by atoms with Gasteiger partial charge >= 0.3 is 0 Å². The lowest BCUT2D eigenvalue weighted by Crippen LogP contribution is -2.29. The third-order valence-electron chi connectivity index (χ3n) is 2.52. The van der Waals surface area contributed by atoms with Gasteiger partial charge in [-0.3, -0.25) is 9.59 Å². The summed E-state index contributed by atoms with van der Waals surface area (Å²) in [5.74, 6) is -1.09. The molecule has 0 spiro atoms. The third-order valence-corrected chi connectivity index (χ3v) is 2.52. The summed E-state index contributed by atoms with van der Waals surface area (Å²) in [4.78, 5) is 23.2. The first kappa shape index (κ1) is 14.2. The summed E-state index contributed by atoms with van der Waals surface area (Å²) in [5.41, 5.74) is -0.711. The fourth-order valence-corrected chi connectivity index (χ4v) is 1.56. The van der Waals surface area contributed by atoms with Gasteiger partial charge in [0.1, 0.15) is 0 Å². The standard InChI is InChI=1S/C12H18N2O4/c1-2-3-5-13-12(18)10-11(17)9(16)4-6-14(10)7-8-15/h4,6,15,17H,2-3,5,7-8H2,1H3,(H,13,18). The van der Waals surface area contributed by atoms with Gasteiger partial charge in [0.15, 0.2) is 11.4 Å². The SMILES string of the molecule is CCCCNC(=O)c1c(O)c(=O)ccn1CCO. The van der Waals surface area contributed by atoms with E-state index in [2.05, 4.69) is 5.32 Å². The molecule has 0 unspecified atom stereocenters. The number of carbonyl (C=O) groups is 1. The van der Waals surface area contributed by atoms with E-state index in [4.69, 9.17) is 5.11 Å². The van der Waals surface area contributed by atoms with Gasteiger partial charge in [-0.25, -0.2) is 0 Å². The van der Waals surface area contributed by atoms with Crippen LogP contribution in [0.3, 0.4) is 0 Å². The summed E-state index contributed by atoms with van der Waals surface area (Å²) in [6.07, 6.45) is 3.14. The van der Waals surface area contributed by atoms with E-state index < -0.39 is 17.1 Å². The van der Waals surface area contributed by atoms with Crippen LogP contribution in [0.4, 0.5) is 0 Å². The quantitative estimate of drug-likeness (QED) is 0.627. The van der Waals surface area contributed by atoms with E-state index in [-0.39, 0.29) is 18.8 Å². The third kappa shape index (κ3) is 3.33. The largest absolute Gasteiger partial charge is 0.503 e. The highest BCUT2D eigenvalue weighted by atomic mass is 16.3. The molecule has 1 amide bonds. The topological polar surface area (TPSA) is 91.6 Å². The molecule has 0 fully saturated rings. The van der Waals surface area contributed by atoms with Crippen molar-refractivity contribution >= 4 is 5.91 Å². The molecule has 18 heavy (non-hydrogen) atoms. The molecule has 6 heteroatoms. The van der Waals surface area contributed by atoms with E-state index in [0.29, 0.717) is 6.54 Å². The van der Waals surface area contributed by atoms with Crippen LogP contribution in [-0.2, 0) is 6.54 Å². The van der Waals surface area contributed by atoms with Crippen LogP contribution in [0.25, 0.3) is 0 Å². The monoisotopic (exact) mass is 254 g/mol. The molecule has 0 saturated heterocycles. The number of aliphatic hydroxyl groups is 1. The number of nitrogens with one attached hydrogen (secondary N) is 1. The molecule has 0 saturated carbocycles. The summed E-state index contributed by atoms with van der Waals surface area (Å²) in [6.45, 7) is 2.44. The first-order chi connectivity index (χ1) is 8.61. The summed E-state index contributed by atoms with van der Waals surface area (Å²) in [5, 5.41) is 21.2. The molecule has 0 aliphatic heterocycles. The minimum Gasteiger partial charge on any atom is -0.503 e. The highest BCUT2D eigenvalue weighted by Gasteiger charge is 2.17. The highest BCUT2D eigenvalue weighted by molar-refractivity contribution is 5.95. The van der Waals surface area contributed by atoms with Gasteiger partial charge in [-0.1, -0.05) is 13.3 Å². The molecule has 3 N–H and O–H groups in total. The average Bonchev–Trinajstić information content (AvgIpc) is 2.34. The number of unbranched alkanes of at least 4 members (excludes halogenated alkanes) is 1. The van der Waals surface area contributed by atoms with Crippen LogP contribution in [0.2, 0.25) is 0 Å². The van der Waals surface area contributed by atoms with Crippen molar-refractivity contribution in [2.24, 2.45) is 0 Å². The van der Waals surface area contributed by atoms with Gasteiger partial charge in [-0.05, 0) is 6.42 Å². The number of amides is 1. The fourth-order valence-electron chi connectivity index (χ4n) is 1.56. The number of aromatic hydroxyl groups is 1. The van der Waals surface area contributed by atoms with Crippen molar-refractivity contribution in [3.63, 3.8) is 0 Å². The first-order valence-corrected chi connectivity index (χ1v) is 5.93. The Labute approximate surface area is 105 Å². The predicted octanol–water partition coefficient (Wildman–Crippen LogP) is 0.0761. The Kier molecular flexibility index (Phi) is 5.38. The van der Waals surface area contributed by atoms with Gasteiger partial charge in [0.05, 0.1) is 6.61 Å². The smallest absolute Gasteiger partial charge is 0.271 e. The summed E-state index contributed by atoms with van der Waals surface area (Å²) in [6, 6.07) is 1.16. The zero-order chi connectivity index (χ0) is 13.5. The molecular formula is C12H18N2O4. The normalized spacial score (nSPS) is 10.3. The molecule has 100 valence electrons. The van der Waals surface area contributed by atoms with E-state index in [0.717, 1.165) is 18.9 Å². The molecule has 1 heterocycles. The van der Waals surface area contributed by atoms with Crippen LogP contribution in [0.1, 0.15) is 30.3 Å². The maximum absolute atomic E-state index is 11.9. The van der Waals surface area contributed by atoms with E-state index in [1.165, 1.54) is 10.8 Å². The molecule has 1 rings (SSSR count). The zero-order valence-electron chi connectivity index (χ0n) is 10.3. The number of carbonyl (C=O) groups excluding carboxylic acids is 1. The van der Waals surface area contributed by atoms with Crippen molar-refractivity contribution in [2.45, 2.75) is 26.3 Å². The lowest BCUT2D eigenvalue weighted by atomic mass is 10.2. The molecule has 0 aliphatic carbocycles. The zero-order valence-corrected chi connectivity index (χ0v) is 10.3. The van der Waals surface area contributed by atoms with Crippen LogP contribution < -0.4 is 10.7 Å². The van der Waals surface area contributed by atoms with Gasteiger partial charge in [0.25, 0.3) is 5.91 Å². The molecular weight excluding hydrogens is 236 g/mol. The maximum Gasteiger partial charge on any atom is 0.271 e. The van der Waals surface area contributed by atoms with Crippen LogP contribution >= 0.6 is 0 Å². The molecule has 0 radical (unpaired) electrons. The Morgan fingerprint density at radius 1 is 1.50 bits per heavy atom. The molecule has 0 aliphatic rings. The van der Waals surface area contributed by atoms with Crippen molar-refractivity contribution in [3.8, 4) is 5.75 Å². The average molecular weight is 254 g/mol. The molecule has 0 aromatic carbocycles. The number of rotatable bonds is 6. The second-order valence-corrected chi connectivity index (χ2v) is 3.90. The van der Waals surface area contributed by atoms with Crippen molar-refractivity contribution < 1.29 is 15.0 Å². The minimum absolute atomic E-state index is 0.104. The first-order valence-electron chi connectivity index (χ1n) is 5.93. The summed E-state index contributed by atoms with van der Waals surface area (Å²) >= 11 is 0. The Morgan fingerprint density at radius 3 is 2.83 bits per heavy atom. The van der Waals surface area contributed by atoms with Crippen LogP contribution in [0, 0.1) is 0 Å². The number of nitrogens with zero attached hydrogens (tertiary/aromatic N) is 1. The fraction of sp³-hybridized carbons (Fsp3) is 0.500. The summed E-state index contributed by atoms with van der Waals surface area (Å²) < 4.78 is 1.36. The second-order valence-electron chi connectivity index (χ2n) is 3.90. The lowest BCUT2D eigenvalue weighted by Gasteiger charge is -2.13. The molecule has 0 atom stereocenters. The van der Waals surface area contributed by atoms with Crippen LogP contribution in [0.15, 0.2) is 17.1 Å². The number of hydrogen-bond acceptors (Lipinski definition) is 4. The number of pyridine rings is 1. The molecule has 1 aromatic heterocycles. The van der Waals surface area contributed by atoms with E-state index in [9.17, 15) is 14.7 Å². The maximum atomic E-state index is 11.9. The minimum atomic E-state index is -0.607. The van der Waals surface area contributed by atoms with Gasteiger partial charge < -0.3 is 20.1 Å². The van der Waals surface area contributed by atoms with E-state index in [1.807, 2.05) is 6.92 Å². The van der Waals surface area contributed by atoms with E-state index in [1.54, 1.807) is 0 Å². The second kappa shape index (κ2) is 6.80. The molecule has 6 nitrogen and oxygen atoms in total. The Morgan fingerprint density at radius 2 is 2.22 bits per heavy atom. The Bertz CT molecular complexity index is 468. The van der Waals surface area contributed by atoms with Crippen molar-refractivity contribution in [2.75, 3.05) is 13.2 Å². The molecule has 1 aromatic rings. The molecule has 0 bridgehead atoms. The van der Waals surface area contributed by atoms with Crippen molar-refractivity contribution in [3.05, 3.63) is 28.2 Å². The number of aliphatic hydroxyl groups excluding tert-OH is 1. The van der Waals surface area contributed by atoms with Gasteiger partial charge in [-0.15, -0.1) is 0 Å². The van der Waals surface area contributed by atoms with Crippen LogP contribution in [-0.4, -0.2) is 33.8 Å². The predicted molar refractivity (Wildman–Crippen MR) is 66.7 cm³/mol. The highest BCUT2D eigenvalue weighted by Crippen LogP contribution is 2.11. The van der Waals surface area contributed by atoms with Gasteiger partial charge in [0, 0.05) is 25.4 Å². The lowest BCUT2D eigenvalue weighted by molar-refractivity contribution is 0.0938. The van der Waals surface area contributed by atoms with Gasteiger partial charge in [0.2, 0.25) is 5.43 Å². The van der Waals surface area contributed by atoms with E-state index >= 15 is 0 Å².